The number of hydrogen-bond acceptors (Lipinski definition) is 1. The molecule has 0 unspecified atom stereocenters. The number of fused-ring (bicyclic) bond motifs is 7. The Morgan fingerprint density at radius 2 is 1.57 bits per heavy atom. The van der Waals surface area contributed by atoms with Gasteiger partial charge in [0.05, 0.1) is 27.3 Å². The second-order valence-corrected chi connectivity index (χ2v) is 12.3. The number of aryl methyl sites for hydroxylation is 2. The monoisotopic (exact) mass is 484 g/mol. The van der Waals surface area contributed by atoms with Crippen LogP contribution >= 0.6 is 0 Å². The van der Waals surface area contributed by atoms with Crippen molar-refractivity contribution in [1.29, 1.82) is 0 Å². The number of nitrogens with zero attached hydrogens (tertiary/aromatic N) is 3. The van der Waals surface area contributed by atoms with E-state index in [1.54, 1.807) is 0 Å². The van der Waals surface area contributed by atoms with Crippen LogP contribution in [0.1, 0.15) is 31.9 Å². The first-order valence-electron chi connectivity index (χ1n) is 13.3. The van der Waals surface area contributed by atoms with Gasteiger partial charge >= 0.3 is 0 Å². The lowest BCUT2D eigenvalue weighted by Gasteiger charge is -2.20. The summed E-state index contributed by atoms with van der Waals surface area (Å²) in [6.07, 6.45) is 3.29. The van der Waals surface area contributed by atoms with Crippen LogP contribution in [-0.4, -0.2) is 18.5 Å². The summed E-state index contributed by atoms with van der Waals surface area (Å²) in [6, 6.07) is 23.1. The van der Waals surface area contributed by atoms with Crippen molar-refractivity contribution in [3.8, 4) is 0 Å². The van der Waals surface area contributed by atoms with Gasteiger partial charge in [0.2, 0.25) is 5.52 Å². The van der Waals surface area contributed by atoms with E-state index in [2.05, 4.69) is 130 Å². The molecule has 0 aliphatic rings. The molecule has 3 aromatic heterocycles. The van der Waals surface area contributed by atoms with Gasteiger partial charge in [-0.2, -0.15) is 0 Å². The Hall–Kier alpha value is -3.85. The highest BCUT2D eigenvalue weighted by molar-refractivity contribution is 6.33. The van der Waals surface area contributed by atoms with Crippen LogP contribution in [0.2, 0.25) is 0 Å². The molecule has 7 rings (SSSR count). The zero-order valence-electron chi connectivity index (χ0n) is 22.9. The molecule has 0 bridgehead atoms. The molecule has 0 amide bonds. The van der Waals surface area contributed by atoms with E-state index >= 15 is 0 Å². The van der Waals surface area contributed by atoms with Crippen LogP contribution in [0.5, 0.6) is 0 Å². The maximum Gasteiger partial charge on any atom is 0.224 e. The lowest BCUT2D eigenvalue weighted by Crippen LogP contribution is -2.29. The quantitative estimate of drug-likeness (QED) is 0.138. The van der Waals surface area contributed by atoms with Crippen LogP contribution < -0.4 is 9.47 Å². The summed E-state index contributed by atoms with van der Waals surface area (Å²) in [5, 5.41) is 9.39. The molecule has 0 N–H and O–H groups in total. The molecule has 37 heavy (non-hydrogen) atoms. The number of anilines is 1. The standard InChI is InChI=1S/C34H34N3/c1-20-24-10-8-9-11-25(24)31-26-18-23(35(5)6)12-13-27(26)37-28-17-21(19-34(2,3)4)16-22-14-15-36(7)32(30(22)28)29(20)33(31)37/h8-18H,19H2,1-7H3/q+1. The highest BCUT2D eigenvalue weighted by Gasteiger charge is 2.27. The molecule has 0 saturated heterocycles. The van der Waals surface area contributed by atoms with Gasteiger partial charge in [0, 0.05) is 36.6 Å². The fourth-order valence-corrected chi connectivity index (χ4v) is 6.68. The van der Waals surface area contributed by atoms with Gasteiger partial charge in [0.25, 0.3) is 0 Å². The molecule has 3 nitrogen and oxygen atoms in total. The summed E-state index contributed by atoms with van der Waals surface area (Å²) in [6.45, 7) is 9.30. The van der Waals surface area contributed by atoms with Crippen LogP contribution in [0.25, 0.3) is 59.8 Å². The minimum absolute atomic E-state index is 0.219. The zero-order chi connectivity index (χ0) is 25.8. The second-order valence-electron chi connectivity index (χ2n) is 12.3. The lowest BCUT2D eigenvalue weighted by molar-refractivity contribution is -0.643. The van der Waals surface area contributed by atoms with E-state index in [1.165, 1.54) is 76.6 Å². The number of pyridine rings is 2. The van der Waals surface area contributed by atoms with Crippen molar-refractivity contribution in [2.45, 2.75) is 34.1 Å². The normalized spacial score (nSPS) is 12.8. The van der Waals surface area contributed by atoms with Crippen molar-refractivity contribution in [3.05, 3.63) is 78.0 Å². The molecule has 0 fully saturated rings. The van der Waals surface area contributed by atoms with Gasteiger partial charge in [0.15, 0.2) is 6.20 Å². The molecule has 0 atom stereocenters. The van der Waals surface area contributed by atoms with Crippen molar-refractivity contribution < 1.29 is 4.57 Å². The Balaban J connectivity index is 1.85. The van der Waals surface area contributed by atoms with Crippen LogP contribution in [-0.2, 0) is 13.5 Å². The van der Waals surface area contributed by atoms with Gasteiger partial charge in [0.1, 0.15) is 7.05 Å². The summed E-state index contributed by atoms with van der Waals surface area (Å²) < 4.78 is 4.90. The SMILES string of the molecule is Cc1c2ccccc2c2c3cc(N(C)C)ccc3n3c4cc(CC(C)(C)C)cc5cc[n+](C)c(c1c23)c54. The van der Waals surface area contributed by atoms with E-state index in [9.17, 15) is 0 Å². The minimum atomic E-state index is 0.219. The Kier molecular flexibility index (Phi) is 4.44. The summed E-state index contributed by atoms with van der Waals surface area (Å²) >= 11 is 0. The minimum Gasteiger partial charge on any atom is -0.378 e. The number of aromatic nitrogens is 2. The van der Waals surface area contributed by atoms with Gasteiger partial charge in [-0.3, -0.25) is 0 Å². The first-order valence-corrected chi connectivity index (χ1v) is 13.3. The van der Waals surface area contributed by atoms with Crippen LogP contribution in [0.3, 0.4) is 0 Å². The number of benzene rings is 4. The zero-order valence-corrected chi connectivity index (χ0v) is 22.9. The summed E-state index contributed by atoms with van der Waals surface area (Å²) in [4.78, 5) is 2.20. The fraction of sp³-hybridized carbons (Fsp3) is 0.265. The third kappa shape index (κ3) is 3.03. The molecule has 0 saturated carbocycles. The van der Waals surface area contributed by atoms with E-state index in [-0.39, 0.29) is 5.41 Å². The van der Waals surface area contributed by atoms with Crippen molar-refractivity contribution in [3.63, 3.8) is 0 Å². The number of rotatable bonds is 2. The van der Waals surface area contributed by atoms with E-state index in [0.717, 1.165) is 6.42 Å². The highest BCUT2D eigenvalue weighted by atomic mass is 15.1. The van der Waals surface area contributed by atoms with Gasteiger partial charge < -0.3 is 9.30 Å². The van der Waals surface area contributed by atoms with Gasteiger partial charge in [-0.25, -0.2) is 4.57 Å². The first kappa shape index (κ1) is 22.4. The molecule has 0 radical (unpaired) electrons. The van der Waals surface area contributed by atoms with Gasteiger partial charge in [-0.1, -0.05) is 51.1 Å². The summed E-state index contributed by atoms with van der Waals surface area (Å²) in [7, 11) is 6.45. The smallest absolute Gasteiger partial charge is 0.224 e. The van der Waals surface area contributed by atoms with Crippen molar-refractivity contribution >= 4 is 65.5 Å². The Labute approximate surface area is 217 Å². The molecule has 0 aliphatic carbocycles. The van der Waals surface area contributed by atoms with E-state index in [1.807, 2.05) is 0 Å². The van der Waals surface area contributed by atoms with Crippen LogP contribution in [0.4, 0.5) is 5.69 Å². The third-order valence-corrected chi connectivity index (χ3v) is 8.17. The average Bonchev–Trinajstić information content (AvgIpc) is 3.19. The predicted octanol–water partition coefficient (Wildman–Crippen LogP) is 7.93. The Morgan fingerprint density at radius 1 is 0.811 bits per heavy atom. The Bertz CT molecular complexity index is 2030. The molecule has 0 spiro atoms. The maximum atomic E-state index is 2.57. The molecule has 0 aliphatic heterocycles. The molecular weight excluding hydrogens is 450 g/mol. The average molecular weight is 485 g/mol. The predicted molar refractivity (Wildman–Crippen MR) is 160 cm³/mol. The van der Waals surface area contributed by atoms with Gasteiger partial charge in [-0.05, 0) is 70.3 Å². The number of hydrogen-bond donors (Lipinski definition) is 0. The van der Waals surface area contributed by atoms with Crippen molar-refractivity contribution in [1.82, 2.24) is 4.40 Å². The van der Waals surface area contributed by atoms with Crippen molar-refractivity contribution in [2.75, 3.05) is 19.0 Å². The lowest BCUT2D eigenvalue weighted by atomic mass is 9.87. The molecular formula is C34H34N3+. The molecule has 7 aromatic rings. The second kappa shape index (κ2) is 7.35. The summed E-state index contributed by atoms with van der Waals surface area (Å²) in [5.41, 5.74) is 9.45. The van der Waals surface area contributed by atoms with Crippen LogP contribution in [0, 0.1) is 12.3 Å². The third-order valence-electron chi connectivity index (χ3n) is 8.17. The maximum absolute atomic E-state index is 2.57. The largest absolute Gasteiger partial charge is 0.378 e. The Morgan fingerprint density at radius 3 is 2.30 bits per heavy atom. The molecule has 4 aromatic carbocycles. The summed E-state index contributed by atoms with van der Waals surface area (Å²) in [5.74, 6) is 0. The van der Waals surface area contributed by atoms with E-state index in [0.29, 0.717) is 0 Å². The fourth-order valence-electron chi connectivity index (χ4n) is 6.68. The topological polar surface area (TPSA) is 11.5 Å². The molecule has 3 heteroatoms. The highest BCUT2D eigenvalue weighted by Crippen LogP contribution is 2.45. The van der Waals surface area contributed by atoms with Crippen LogP contribution in [0.15, 0.2) is 66.9 Å². The molecule has 184 valence electrons. The van der Waals surface area contributed by atoms with Crippen molar-refractivity contribution in [2.24, 2.45) is 12.5 Å². The van der Waals surface area contributed by atoms with E-state index < -0.39 is 0 Å². The van der Waals surface area contributed by atoms with E-state index in [4.69, 9.17) is 0 Å². The molecule has 3 heterocycles. The van der Waals surface area contributed by atoms with Gasteiger partial charge in [-0.15, -0.1) is 0 Å². The first-order chi connectivity index (χ1) is 17.6.